The van der Waals surface area contributed by atoms with Gasteiger partial charge in [-0.15, -0.1) is 0 Å². The number of carboxylic acid groups (broad SMARTS) is 1. The zero-order valence-electron chi connectivity index (χ0n) is 12.4. The molecule has 0 aromatic heterocycles. The van der Waals surface area contributed by atoms with E-state index in [1.165, 1.54) is 19.3 Å². The van der Waals surface area contributed by atoms with E-state index in [4.69, 9.17) is 5.11 Å². The number of hydrogen-bond acceptors (Lipinski definition) is 2. The molecular weight excluding hydrogens is 250 g/mol. The number of anilines is 1. The molecular formula is C17H23NO2. The van der Waals surface area contributed by atoms with Crippen LogP contribution in [0.1, 0.15) is 50.4 Å². The minimum Gasteiger partial charge on any atom is -0.478 e. The van der Waals surface area contributed by atoms with Gasteiger partial charge in [0.1, 0.15) is 0 Å². The van der Waals surface area contributed by atoms with Crippen molar-refractivity contribution in [2.45, 2.75) is 46.1 Å². The summed E-state index contributed by atoms with van der Waals surface area (Å²) in [5, 5.41) is 12.6. The summed E-state index contributed by atoms with van der Waals surface area (Å²) in [6.07, 6.45) is 3.95. The van der Waals surface area contributed by atoms with Crippen LogP contribution >= 0.6 is 0 Å². The Bertz CT molecular complexity index is 530. The number of rotatable bonds is 3. The van der Waals surface area contributed by atoms with Gasteiger partial charge in [-0.1, -0.05) is 20.8 Å². The van der Waals surface area contributed by atoms with E-state index >= 15 is 0 Å². The fourth-order valence-electron chi connectivity index (χ4n) is 4.54. The van der Waals surface area contributed by atoms with Gasteiger partial charge in [0.05, 0.1) is 5.56 Å². The normalized spacial score (nSPS) is 34.1. The summed E-state index contributed by atoms with van der Waals surface area (Å²) in [5.41, 5.74) is 2.05. The van der Waals surface area contributed by atoms with Gasteiger partial charge in [-0.05, 0) is 60.3 Å². The maximum absolute atomic E-state index is 10.9. The minimum atomic E-state index is -0.872. The highest BCUT2D eigenvalue weighted by atomic mass is 16.4. The highest BCUT2D eigenvalue weighted by Crippen LogP contribution is 2.63. The number of hydrogen-bond donors (Lipinski definition) is 2. The smallest absolute Gasteiger partial charge is 0.335 e. The highest BCUT2D eigenvalue weighted by Gasteiger charge is 2.59. The third-order valence-corrected chi connectivity index (χ3v) is 5.71. The van der Waals surface area contributed by atoms with Gasteiger partial charge in [-0.3, -0.25) is 0 Å². The fourth-order valence-corrected chi connectivity index (χ4v) is 4.54. The standard InChI is InChI=1S/C17H23NO2/c1-16(2)12-8-9-17(3,10-12)15(16)18-13-6-4-11(5-7-13)14(19)20/h4-7,12,15,18H,8-10H2,1-3H3,(H,19,20)/t12-,15?,17+/m0/s1. The quantitative estimate of drug-likeness (QED) is 0.874. The number of carbonyl (C=O) groups is 1. The van der Waals surface area contributed by atoms with Gasteiger partial charge in [-0.25, -0.2) is 4.79 Å². The van der Waals surface area contributed by atoms with Crippen molar-refractivity contribution in [2.24, 2.45) is 16.7 Å². The van der Waals surface area contributed by atoms with Crippen LogP contribution in [-0.4, -0.2) is 17.1 Å². The Morgan fingerprint density at radius 3 is 2.40 bits per heavy atom. The average molecular weight is 273 g/mol. The van der Waals surface area contributed by atoms with Crippen LogP contribution in [0.15, 0.2) is 24.3 Å². The van der Waals surface area contributed by atoms with E-state index in [0.717, 1.165) is 11.6 Å². The summed E-state index contributed by atoms with van der Waals surface area (Å²) >= 11 is 0. The molecule has 3 nitrogen and oxygen atoms in total. The molecule has 2 saturated carbocycles. The third kappa shape index (κ3) is 1.91. The Hall–Kier alpha value is -1.51. The van der Waals surface area contributed by atoms with Crippen LogP contribution in [0.4, 0.5) is 5.69 Å². The zero-order chi connectivity index (χ0) is 14.5. The van der Waals surface area contributed by atoms with Crippen molar-refractivity contribution < 1.29 is 9.90 Å². The van der Waals surface area contributed by atoms with Crippen molar-refractivity contribution in [1.29, 1.82) is 0 Å². The molecule has 0 radical (unpaired) electrons. The van der Waals surface area contributed by atoms with Crippen molar-refractivity contribution in [2.75, 3.05) is 5.32 Å². The van der Waals surface area contributed by atoms with Gasteiger partial charge in [-0.2, -0.15) is 0 Å². The van der Waals surface area contributed by atoms with Crippen LogP contribution in [0.3, 0.4) is 0 Å². The molecule has 1 unspecified atom stereocenters. The van der Waals surface area contributed by atoms with Crippen LogP contribution in [0.5, 0.6) is 0 Å². The van der Waals surface area contributed by atoms with Crippen molar-refractivity contribution in [3.63, 3.8) is 0 Å². The first kappa shape index (κ1) is 13.5. The first-order valence-corrected chi connectivity index (χ1v) is 7.43. The second-order valence-corrected chi connectivity index (χ2v) is 7.37. The Balaban J connectivity index is 1.82. The summed E-state index contributed by atoms with van der Waals surface area (Å²) in [6, 6.07) is 7.58. The van der Waals surface area contributed by atoms with Crippen LogP contribution in [0.25, 0.3) is 0 Å². The van der Waals surface area contributed by atoms with Gasteiger partial charge in [0.25, 0.3) is 0 Å². The van der Waals surface area contributed by atoms with Crippen LogP contribution in [-0.2, 0) is 0 Å². The maximum Gasteiger partial charge on any atom is 0.335 e. The van der Waals surface area contributed by atoms with Crippen LogP contribution < -0.4 is 5.32 Å². The summed E-state index contributed by atoms with van der Waals surface area (Å²) in [7, 11) is 0. The summed E-state index contributed by atoms with van der Waals surface area (Å²) < 4.78 is 0. The maximum atomic E-state index is 10.9. The molecule has 2 aliphatic carbocycles. The molecule has 3 atom stereocenters. The molecule has 3 rings (SSSR count). The summed E-state index contributed by atoms with van der Waals surface area (Å²) in [5.74, 6) is -0.0629. The Morgan fingerprint density at radius 2 is 1.90 bits per heavy atom. The molecule has 2 N–H and O–H groups in total. The number of aromatic carboxylic acids is 1. The van der Waals surface area contributed by atoms with Crippen molar-refractivity contribution in [1.82, 2.24) is 0 Å². The van der Waals surface area contributed by atoms with E-state index in [1.54, 1.807) is 12.1 Å². The van der Waals surface area contributed by atoms with Gasteiger partial charge in [0.2, 0.25) is 0 Å². The largest absolute Gasteiger partial charge is 0.478 e. The van der Waals surface area contributed by atoms with Crippen LogP contribution in [0, 0.1) is 16.7 Å². The lowest BCUT2D eigenvalue weighted by molar-refractivity contribution is 0.0697. The van der Waals surface area contributed by atoms with Gasteiger partial charge < -0.3 is 10.4 Å². The molecule has 0 amide bonds. The lowest BCUT2D eigenvalue weighted by Crippen LogP contribution is -2.45. The van der Waals surface area contributed by atoms with E-state index in [9.17, 15) is 4.79 Å². The monoisotopic (exact) mass is 273 g/mol. The Kier molecular flexibility index (Phi) is 2.86. The van der Waals surface area contributed by atoms with E-state index < -0.39 is 5.97 Å². The lowest BCUT2D eigenvalue weighted by atomic mass is 9.68. The molecule has 1 aromatic carbocycles. The third-order valence-electron chi connectivity index (χ3n) is 5.71. The highest BCUT2D eigenvalue weighted by molar-refractivity contribution is 5.88. The van der Waals surface area contributed by atoms with Gasteiger partial charge in [0.15, 0.2) is 0 Å². The summed E-state index contributed by atoms with van der Waals surface area (Å²) in [6.45, 7) is 7.13. The van der Waals surface area contributed by atoms with Crippen molar-refractivity contribution >= 4 is 11.7 Å². The number of benzene rings is 1. The molecule has 0 aliphatic heterocycles. The molecule has 0 saturated heterocycles. The van der Waals surface area contributed by atoms with Gasteiger partial charge in [0, 0.05) is 11.7 Å². The summed E-state index contributed by atoms with van der Waals surface area (Å²) in [4.78, 5) is 10.9. The SMILES string of the molecule is CC1(C)C(Nc2ccc(C(=O)O)cc2)[C@]2(C)CC[C@H]1C2. The molecule has 0 heterocycles. The zero-order valence-corrected chi connectivity index (χ0v) is 12.4. The van der Waals surface area contributed by atoms with E-state index in [-0.39, 0.29) is 0 Å². The average Bonchev–Trinajstić information content (AvgIpc) is 2.86. The molecule has 20 heavy (non-hydrogen) atoms. The van der Waals surface area contributed by atoms with Crippen molar-refractivity contribution in [3.05, 3.63) is 29.8 Å². The lowest BCUT2D eigenvalue weighted by Gasteiger charge is -2.43. The topological polar surface area (TPSA) is 49.3 Å². The van der Waals surface area contributed by atoms with E-state index in [0.29, 0.717) is 22.4 Å². The van der Waals surface area contributed by atoms with Crippen LogP contribution in [0.2, 0.25) is 0 Å². The fraction of sp³-hybridized carbons (Fsp3) is 0.588. The molecule has 1 aromatic rings. The predicted molar refractivity (Wildman–Crippen MR) is 80.0 cm³/mol. The second kappa shape index (κ2) is 4.24. The first-order valence-electron chi connectivity index (χ1n) is 7.43. The molecule has 2 fully saturated rings. The van der Waals surface area contributed by atoms with E-state index in [2.05, 4.69) is 26.1 Å². The predicted octanol–water partition coefficient (Wildman–Crippen LogP) is 4.01. The van der Waals surface area contributed by atoms with Crippen molar-refractivity contribution in [3.8, 4) is 0 Å². The molecule has 2 aliphatic rings. The second-order valence-electron chi connectivity index (χ2n) is 7.37. The molecule has 0 spiro atoms. The molecule has 108 valence electrons. The number of nitrogens with one attached hydrogen (secondary N) is 1. The Morgan fingerprint density at radius 1 is 1.25 bits per heavy atom. The first-order chi connectivity index (χ1) is 9.33. The van der Waals surface area contributed by atoms with Gasteiger partial charge >= 0.3 is 5.97 Å². The molecule has 3 heteroatoms. The number of fused-ring (bicyclic) bond motifs is 2. The van der Waals surface area contributed by atoms with E-state index in [1.807, 2.05) is 12.1 Å². The molecule has 2 bridgehead atoms. The number of carboxylic acids is 1. The minimum absolute atomic E-state index is 0.304. The Labute approximate surface area is 120 Å².